The third-order valence-electron chi connectivity index (χ3n) is 4.18. The van der Waals surface area contributed by atoms with E-state index < -0.39 is 0 Å². The molecule has 1 saturated carbocycles. The molecule has 0 N–H and O–H groups in total. The van der Waals surface area contributed by atoms with Crippen molar-refractivity contribution in [3.63, 3.8) is 0 Å². The van der Waals surface area contributed by atoms with Crippen molar-refractivity contribution in [2.75, 3.05) is 27.2 Å². The van der Waals surface area contributed by atoms with Crippen molar-refractivity contribution in [1.29, 1.82) is 5.26 Å². The van der Waals surface area contributed by atoms with E-state index in [-0.39, 0.29) is 5.54 Å². The zero-order chi connectivity index (χ0) is 12.2. The molecule has 1 aliphatic rings. The van der Waals surface area contributed by atoms with Crippen molar-refractivity contribution in [2.24, 2.45) is 0 Å². The lowest BCUT2D eigenvalue weighted by Gasteiger charge is -2.42. The molecule has 0 radical (unpaired) electrons. The fourth-order valence-corrected chi connectivity index (χ4v) is 2.84. The predicted octanol–water partition coefficient (Wildman–Crippen LogP) is 2.09. The molecule has 0 amide bonds. The molecule has 1 rings (SSSR count). The highest BCUT2D eigenvalue weighted by Gasteiger charge is 2.38. The first-order valence-electron chi connectivity index (χ1n) is 6.42. The van der Waals surface area contributed by atoms with E-state index in [1.165, 1.54) is 0 Å². The van der Waals surface area contributed by atoms with E-state index in [9.17, 15) is 5.26 Å². The Kier molecular flexibility index (Phi) is 4.76. The van der Waals surface area contributed by atoms with Gasteiger partial charge in [-0.1, -0.05) is 13.8 Å². The molecule has 16 heavy (non-hydrogen) atoms. The van der Waals surface area contributed by atoms with Crippen LogP contribution in [0.2, 0.25) is 0 Å². The molecule has 0 atom stereocenters. The molecule has 0 aliphatic heterocycles. The molecule has 0 aromatic rings. The second-order valence-corrected chi connectivity index (χ2v) is 4.99. The van der Waals surface area contributed by atoms with Crippen LogP contribution in [0.4, 0.5) is 0 Å². The van der Waals surface area contributed by atoms with Crippen molar-refractivity contribution >= 4 is 0 Å². The van der Waals surface area contributed by atoms with Gasteiger partial charge in [0.25, 0.3) is 0 Å². The Hall–Kier alpha value is -0.590. The van der Waals surface area contributed by atoms with Crippen LogP contribution in [0.1, 0.15) is 39.5 Å². The molecule has 0 unspecified atom stereocenters. The van der Waals surface area contributed by atoms with Gasteiger partial charge in [0.1, 0.15) is 5.54 Å². The molecule has 0 spiro atoms. The molecule has 0 aromatic carbocycles. The summed E-state index contributed by atoms with van der Waals surface area (Å²) >= 11 is 0. The minimum atomic E-state index is -0.205. The number of hydrogen-bond acceptors (Lipinski definition) is 3. The zero-order valence-corrected chi connectivity index (χ0v) is 11.2. The maximum atomic E-state index is 9.35. The van der Waals surface area contributed by atoms with Gasteiger partial charge in [-0.25, -0.2) is 0 Å². The van der Waals surface area contributed by atoms with E-state index in [1.807, 2.05) is 14.1 Å². The van der Waals surface area contributed by atoms with Crippen LogP contribution in [0.25, 0.3) is 0 Å². The Morgan fingerprint density at radius 1 is 1.19 bits per heavy atom. The lowest BCUT2D eigenvalue weighted by Crippen LogP contribution is -2.49. The minimum Gasteiger partial charge on any atom is -0.301 e. The quantitative estimate of drug-likeness (QED) is 0.731. The summed E-state index contributed by atoms with van der Waals surface area (Å²) in [5.41, 5.74) is -0.205. The number of rotatable bonds is 4. The molecule has 0 aromatic heterocycles. The number of nitrogens with zero attached hydrogens (tertiary/aromatic N) is 3. The lowest BCUT2D eigenvalue weighted by atomic mass is 9.79. The summed E-state index contributed by atoms with van der Waals surface area (Å²) in [7, 11) is 4.06. The average molecular weight is 223 g/mol. The molecular formula is C13H25N3. The predicted molar refractivity (Wildman–Crippen MR) is 67.2 cm³/mol. The van der Waals surface area contributed by atoms with Crippen LogP contribution >= 0.6 is 0 Å². The van der Waals surface area contributed by atoms with Crippen LogP contribution in [-0.4, -0.2) is 48.6 Å². The SMILES string of the molecule is CCN(CC)C1CCC(C#N)(N(C)C)CC1. The molecule has 1 aliphatic carbocycles. The maximum absolute atomic E-state index is 9.35. The minimum absolute atomic E-state index is 0.205. The Bertz CT molecular complexity index is 242. The van der Waals surface area contributed by atoms with Crippen molar-refractivity contribution in [3.8, 4) is 6.07 Å². The van der Waals surface area contributed by atoms with Crippen LogP contribution in [0.15, 0.2) is 0 Å². The third-order valence-corrected chi connectivity index (χ3v) is 4.18. The summed E-state index contributed by atoms with van der Waals surface area (Å²) in [6.07, 6.45) is 4.34. The Morgan fingerprint density at radius 2 is 1.69 bits per heavy atom. The summed E-state index contributed by atoms with van der Waals surface area (Å²) in [5.74, 6) is 0. The van der Waals surface area contributed by atoms with Gasteiger partial charge in [-0.2, -0.15) is 5.26 Å². The van der Waals surface area contributed by atoms with Gasteiger partial charge in [-0.05, 0) is 52.9 Å². The first kappa shape index (κ1) is 13.5. The zero-order valence-electron chi connectivity index (χ0n) is 11.2. The fourth-order valence-electron chi connectivity index (χ4n) is 2.84. The molecule has 0 saturated heterocycles. The lowest BCUT2D eigenvalue weighted by molar-refractivity contribution is 0.0912. The molecule has 3 heteroatoms. The van der Waals surface area contributed by atoms with Gasteiger partial charge in [-0.15, -0.1) is 0 Å². The van der Waals surface area contributed by atoms with Gasteiger partial charge >= 0.3 is 0 Å². The molecule has 92 valence electrons. The second kappa shape index (κ2) is 5.65. The molecule has 0 heterocycles. The third kappa shape index (κ3) is 2.56. The van der Waals surface area contributed by atoms with Gasteiger partial charge in [0.2, 0.25) is 0 Å². The summed E-state index contributed by atoms with van der Waals surface area (Å²) in [6.45, 7) is 6.70. The summed E-state index contributed by atoms with van der Waals surface area (Å²) in [4.78, 5) is 4.63. The standard InChI is InChI=1S/C13H25N3/c1-5-16(6-2)12-7-9-13(11-14,10-8-12)15(3)4/h12H,5-10H2,1-4H3. The topological polar surface area (TPSA) is 30.3 Å². The average Bonchev–Trinajstić information content (AvgIpc) is 2.31. The fraction of sp³-hybridized carbons (Fsp3) is 0.923. The summed E-state index contributed by atoms with van der Waals surface area (Å²) in [5, 5.41) is 9.35. The van der Waals surface area contributed by atoms with Gasteiger partial charge in [0, 0.05) is 6.04 Å². The molecule has 1 fully saturated rings. The van der Waals surface area contributed by atoms with Crippen LogP contribution in [0, 0.1) is 11.3 Å². The first-order chi connectivity index (χ1) is 7.59. The normalized spacial score (nSPS) is 30.7. The Balaban J connectivity index is 2.60. The van der Waals surface area contributed by atoms with Gasteiger partial charge < -0.3 is 4.90 Å². The van der Waals surface area contributed by atoms with Crippen LogP contribution < -0.4 is 0 Å². The van der Waals surface area contributed by atoms with Crippen LogP contribution in [-0.2, 0) is 0 Å². The van der Waals surface area contributed by atoms with E-state index in [1.54, 1.807) is 0 Å². The van der Waals surface area contributed by atoms with Crippen molar-refractivity contribution in [2.45, 2.75) is 51.1 Å². The van der Waals surface area contributed by atoms with E-state index in [2.05, 4.69) is 29.7 Å². The summed E-state index contributed by atoms with van der Waals surface area (Å²) in [6, 6.07) is 3.21. The number of hydrogen-bond donors (Lipinski definition) is 0. The van der Waals surface area contributed by atoms with Crippen molar-refractivity contribution in [1.82, 2.24) is 9.80 Å². The van der Waals surface area contributed by atoms with Crippen LogP contribution in [0.3, 0.4) is 0 Å². The Labute approximate surface area is 100 Å². The number of nitriles is 1. The van der Waals surface area contributed by atoms with Crippen molar-refractivity contribution in [3.05, 3.63) is 0 Å². The van der Waals surface area contributed by atoms with Gasteiger partial charge in [0.05, 0.1) is 6.07 Å². The highest BCUT2D eigenvalue weighted by molar-refractivity contribution is 5.10. The molecule has 3 nitrogen and oxygen atoms in total. The Morgan fingerprint density at radius 3 is 2.00 bits per heavy atom. The van der Waals surface area contributed by atoms with Crippen LogP contribution in [0.5, 0.6) is 0 Å². The largest absolute Gasteiger partial charge is 0.301 e. The van der Waals surface area contributed by atoms with Gasteiger partial charge in [0.15, 0.2) is 0 Å². The second-order valence-electron chi connectivity index (χ2n) is 4.99. The monoisotopic (exact) mass is 223 g/mol. The van der Waals surface area contributed by atoms with Gasteiger partial charge in [-0.3, -0.25) is 4.90 Å². The first-order valence-corrected chi connectivity index (χ1v) is 6.42. The van der Waals surface area contributed by atoms with E-state index in [0.717, 1.165) is 38.8 Å². The van der Waals surface area contributed by atoms with E-state index in [0.29, 0.717) is 6.04 Å². The van der Waals surface area contributed by atoms with Crippen molar-refractivity contribution < 1.29 is 0 Å². The summed E-state index contributed by atoms with van der Waals surface area (Å²) < 4.78 is 0. The molecule has 0 bridgehead atoms. The maximum Gasteiger partial charge on any atom is 0.108 e. The van der Waals surface area contributed by atoms with E-state index in [4.69, 9.17) is 0 Å². The van der Waals surface area contributed by atoms with E-state index >= 15 is 0 Å². The molecular weight excluding hydrogens is 198 g/mol. The highest BCUT2D eigenvalue weighted by Crippen LogP contribution is 2.33. The smallest absolute Gasteiger partial charge is 0.108 e. The highest BCUT2D eigenvalue weighted by atomic mass is 15.2.